The first-order chi connectivity index (χ1) is 18.0. The van der Waals surface area contributed by atoms with E-state index in [2.05, 4.69) is 4.74 Å². The number of anilines is 1. The van der Waals surface area contributed by atoms with E-state index in [9.17, 15) is 26.4 Å². The van der Waals surface area contributed by atoms with Crippen LogP contribution >= 0.6 is 23.2 Å². The molecule has 3 aromatic carbocycles. The van der Waals surface area contributed by atoms with Crippen LogP contribution in [0.3, 0.4) is 0 Å². The number of fused-ring (bicyclic) bond motifs is 1. The van der Waals surface area contributed by atoms with Gasteiger partial charge in [-0.3, -0.25) is 9.36 Å². The monoisotopic (exact) mass is 580 g/mol. The van der Waals surface area contributed by atoms with Crippen molar-refractivity contribution in [2.75, 3.05) is 4.31 Å². The second-order valence-electron chi connectivity index (χ2n) is 8.41. The Hall–Kier alpha value is -3.47. The molecule has 0 bridgehead atoms. The Bertz CT molecular complexity index is 1660. The molecule has 0 fully saturated rings. The van der Waals surface area contributed by atoms with Crippen LogP contribution < -0.4 is 14.6 Å². The molecule has 38 heavy (non-hydrogen) atoms. The van der Waals surface area contributed by atoms with Gasteiger partial charge in [-0.2, -0.15) is 0 Å². The summed E-state index contributed by atoms with van der Waals surface area (Å²) in [7, 11) is -4.54. The van der Waals surface area contributed by atoms with Gasteiger partial charge in [0.05, 0.1) is 17.0 Å². The van der Waals surface area contributed by atoms with Crippen molar-refractivity contribution in [1.29, 1.82) is 0 Å². The lowest BCUT2D eigenvalue weighted by Crippen LogP contribution is -2.33. The number of benzene rings is 3. The first kappa shape index (κ1) is 26.1. The molecule has 0 saturated carbocycles. The van der Waals surface area contributed by atoms with E-state index in [4.69, 9.17) is 23.2 Å². The minimum atomic E-state index is -5.01. The van der Waals surface area contributed by atoms with Crippen LogP contribution in [0.4, 0.5) is 19.0 Å². The molecule has 0 radical (unpaired) electrons. The zero-order valence-electron chi connectivity index (χ0n) is 19.1. The Kier molecular flexibility index (Phi) is 6.66. The number of ether oxygens (including phenoxy) is 1. The lowest BCUT2D eigenvalue weighted by molar-refractivity contribution is -0.274. The van der Waals surface area contributed by atoms with E-state index in [1.165, 1.54) is 28.8 Å². The number of aromatic nitrogens is 1. The van der Waals surface area contributed by atoms with Crippen LogP contribution in [-0.2, 0) is 10.0 Å². The van der Waals surface area contributed by atoms with E-state index in [1.807, 2.05) is 0 Å². The lowest BCUT2D eigenvalue weighted by Gasteiger charge is -2.29. The highest BCUT2D eigenvalue weighted by Crippen LogP contribution is 2.49. The summed E-state index contributed by atoms with van der Waals surface area (Å²) in [4.78, 5) is 12.7. The van der Waals surface area contributed by atoms with Crippen molar-refractivity contribution in [3.05, 3.63) is 123 Å². The highest BCUT2D eigenvalue weighted by molar-refractivity contribution is 7.92. The van der Waals surface area contributed by atoms with Crippen LogP contribution in [-0.4, -0.2) is 19.3 Å². The molecule has 0 amide bonds. The number of rotatable bonds is 5. The van der Waals surface area contributed by atoms with Gasteiger partial charge in [-0.05, 0) is 53.6 Å². The van der Waals surface area contributed by atoms with Gasteiger partial charge in [0.25, 0.3) is 15.6 Å². The normalized spacial score (nSPS) is 17.3. The quantitative estimate of drug-likeness (QED) is 0.267. The van der Waals surface area contributed by atoms with Gasteiger partial charge >= 0.3 is 6.36 Å². The third-order valence-corrected chi connectivity index (χ3v) is 8.33. The van der Waals surface area contributed by atoms with Gasteiger partial charge in [0.1, 0.15) is 11.6 Å². The fourth-order valence-electron chi connectivity index (χ4n) is 4.55. The zero-order chi connectivity index (χ0) is 27.2. The van der Waals surface area contributed by atoms with Gasteiger partial charge in [-0.25, -0.2) is 12.7 Å². The Morgan fingerprint density at radius 1 is 0.763 bits per heavy atom. The molecule has 0 saturated heterocycles. The first-order valence-electron chi connectivity index (χ1n) is 11.1. The molecule has 2 heterocycles. The van der Waals surface area contributed by atoms with Gasteiger partial charge in [0.2, 0.25) is 0 Å². The van der Waals surface area contributed by atoms with E-state index < -0.39 is 44.7 Å². The zero-order valence-corrected chi connectivity index (χ0v) is 21.5. The summed E-state index contributed by atoms with van der Waals surface area (Å²) in [5.74, 6) is -0.653. The summed E-state index contributed by atoms with van der Waals surface area (Å²) in [6, 6.07) is 19.5. The third kappa shape index (κ3) is 4.87. The van der Waals surface area contributed by atoms with E-state index in [0.29, 0.717) is 21.2 Å². The fourth-order valence-corrected chi connectivity index (χ4v) is 6.47. The molecule has 196 valence electrons. The van der Waals surface area contributed by atoms with Crippen molar-refractivity contribution in [3.8, 4) is 5.75 Å². The maximum Gasteiger partial charge on any atom is 0.573 e. The number of hydrogen-bond acceptors (Lipinski definition) is 4. The summed E-state index contributed by atoms with van der Waals surface area (Å²) in [6.07, 6.45) is -5.01. The van der Waals surface area contributed by atoms with Crippen LogP contribution in [0, 0.1) is 0 Å². The molecular formula is C26H17Cl2F3N2O4S. The number of nitrogens with zero attached hydrogens (tertiary/aromatic N) is 2. The minimum absolute atomic E-state index is 0.0412. The molecule has 1 aliphatic rings. The van der Waals surface area contributed by atoms with Crippen molar-refractivity contribution in [2.24, 2.45) is 0 Å². The van der Waals surface area contributed by atoms with E-state index >= 15 is 0 Å². The molecule has 0 spiro atoms. The molecule has 0 aliphatic carbocycles. The summed E-state index contributed by atoms with van der Waals surface area (Å²) in [5, 5.41) is 0.859. The van der Waals surface area contributed by atoms with Crippen molar-refractivity contribution >= 4 is 39.0 Å². The maximum atomic E-state index is 14.1. The van der Waals surface area contributed by atoms with E-state index in [0.717, 1.165) is 22.5 Å². The summed E-state index contributed by atoms with van der Waals surface area (Å²) in [6.45, 7) is 0. The Morgan fingerprint density at radius 2 is 1.32 bits per heavy atom. The second-order valence-corrected chi connectivity index (χ2v) is 11.1. The Morgan fingerprint density at radius 3 is 1.89 bits per heavy atom. The van der Waals surface area contributed by atoms with Crippen LogP contribution in [0.1, 0.15) is 23.2 Å². The van der Waals surface area contributed by atoms with Crippen molar-refractivity contribution in [2.45, 2.75) is 23.3 Å². The molecule has 1 aromatic heterocycles. The predicted octanol–water partition coefficient (Wildman–Crippen LogP) is 6.59. The first-order valence-corrected chi connectivity index (χ1v) is 13.3. The lowest BCUT2D eigenvalue weighted by atomic mass is 9.94. The average molecular weight is 581 g/mol. The molecule has 0 unspecified atom stereocenters. The molecule has 6 nitrogen and oxygen atoms in total. The average Bonchev–Trinajstić information content (AvgIpc) is 3.21. The second kappa shape index (κ2) is 9.68. The molecule has 12 heteroatoms. The van der Waals surface area contributed by atoms with Gasteiger partial charge in [-0.15, -0.1) is 13.2 Å². The van der Waals surface area contributed by atoms with Crippen LogP contribution in [0.25, 0.3) is 0 Å². The van der Waals surface area contributed by atoms with Crippen LogP contribution in [0.5, 0.6) is 5.75 Å². The number of hydrogen-bond donors (Lipinski definition) is 0. The van der Waals surface area contributed by atoms with Gasteiger partial charge < -0.3 is 4.74 Å². The number of halogens is 5. The Labute approximate surface area is 225 Å². The molecule has 4 aromatic rings. The van der Waals surface area contributed by atoms with Gasteiger partial charge in [0, 0.05) is 22.2 Å². The molecule has 5 rings (SSSR count). The van der Waals surface area contributed by atoms with Gasteiger partial charge in [0.15, 0.2) is 0 Å². The van der Waals surface area contributed by atoms with Crippen molar-refractivity contribution in [3.63, 3.8) is 0 Å². The highest BCUT2D eigenvalue weighted by atomic mass is 35.5. The number of pyridine rings is 1. The molecule has 2 atom stereocenters. The van der Waals surface area contributed by atoms with E-state index in [1.54, 1.807) is 48.5 Å². The van der Waals surface area contributed by atoms with Gasteiger partial charge in [-0.1, -0.05) is 59.6 Å². The van der Waals surface area contributed by atoms with Crippen LogP contribution in [0.15, 0.2) is 101 Å². The standard InChI is InChI=1S/C26H17Cl2F3N2O4S/c27-18-11-7-16(8-12-18)24-25(17-9-13-19(28)14-10-17)33(22-5-2-6-23(34)32(22)24)38(35,36)21-4-1-3-20(15-21)37-26(29,30)31/h1-15,24-25H/t24-,25+/m1/s1. The van der Waals surface area contributed by atoms with Crippen LogP contribution in [0.2, 0.25) is 10.0 Å². The van der Waals surface area contributed by atoms with Crippen molar-refractivity contribution in [1.82, 2.24) is 4.57 Å². The van der Waals surface area contributed by atoms with E-state index in [-0.39, 0.29) is 5.82 Å². The summed E-state index contributed by atoms with van der Waals surface area (Å²) >= 11 is 12.2. The Balaban J connectivity index is 1.75. The SMILES string of the molecule is O=c1cccc2n1[C@H](c1ccc(Cl)cc1)[C@H](c1ccc(Cl)cc1)N2S(=O)(=O)c1cccc(OC(F)(F)F)c1. The third-order valence-electron chi connectivity index (χ3n) is 6.04. The fraction of sp³-hybridized carbons (Fsp3) is 0.115. The predicted molar refractivity (Wildman–Crippen MR) is 137 cm³/mol. The minimum Gasteiger partial charge on any atom is -0.406 e. The molecular weight excluding hydrogens is 564 g/mol. The molecule has 1 aliphatic heterocycles. The maximum absolute atomic E-state index is 14.1. The number of alkyl halides is 3. The summed E-state index contributed by atoms with van der Waals surface area (Å²) in [5.41, 5.74) is 0.632. The van der Waals surface area contributed by atoms with Crippen molar-refractivity contribution < 1.29 is 26.3 Å². The molecule has 0 N–H and O–H groups in total. The largest absolute Gasteiger partial charge is 0.573 e. The summed E-state index contributed by atoms with van der Waals surface area (Å²) < 4.78 is 73.2. The highest BCUT2D eigenvalue weighted by Gasteiger charge is 2.47. The topological polar surface area (TPSA) is 68.6 Å². The smallest absolute Gasteiger partial charge is 0.406 e. The number of sulfonamides is 1.